The Labute approximate surface area is 184 Å². The maximum Gasteiger partial charge on any atom is 0.416 e. The molecule has 1 fully saturated rings. The standard InChI is InChI=1S/C22H26ClF4N3O/c1-13(2)19(24)9-10-20(28)29-12-14-3-6-16(7-4-14)30-21(31)17-11-15(22(25,26)27)5-8-18(17)23/h5,8-11,14,16,29H,1,3-4,6-7,12,28H2,2H3,(H,30,31)/b19-9+,20-10+. The minimum Gasteiger partial charge on any atom is -0.386 e. The molecule has 1 saturated carbocycles. The number of amides is 1. The highest BCUT2D eigenvalue weighted by Crippen LogP contribution is 2.32. The van der Waals surface area contributed by atoms with E-state index in [0.717, 1.165) is 31.0 Å². The maximum absolute atomic E-state index is 13.4. The van der Waals surface area contributed by atoms with Gasteiger partial charge in [-0.2, -0.15) is 13.2 Å². The second-order valence-corrected chi connectivity index (χ2v) is 8.09. The van der Waals surface area contributed by atoms with Crippen LogP contribution in [0.3, 0.4) is 0 Å². The van der Waals surface area contributed by atoms with Crippen LogP contribution >= 0.6 is 11.6 Å². The second kappa shape index (κ2) is 10.7. The molecule has 0 bridgehead atoms. The van der Waals surface area contributed by atoms with Crippen molar-refractivity contribution in [2.24, 2.45) is 11.7 Å². The lowest BCUT2D eigenvalue weighted by Crippen LogP contribution is -2.39. The highest BCUT2D eigenvalue weighted by atomic mass is 35.5. The average molecular weight is 460 g/mol. The molecule has 9 heteroatoms. The summed E-state index contributed by atoms with van der Waals surface area (Å²) in [5.74, 6) is -0.406. The van der Waals surface area contributed by atoms with E-state index in [1.165, 1.54) is 12.2 Å². The Morgan fingerprint density at radius 2 is 1.90 bits per heavy atom. The fourth-order valence-electron chi connectivity index (χ4n) is 3.28. The van der Waals surface area contributed by atoms with Gasteiger partial charge >= 0.3 is 6.18 Å². The predicted molar refractivity (Wildman–Crippen MR) is 114 cm³/mol. The monoisotopic (exact) mass is 459 g/mol. The van der Waals surface area contributed by atoms with Gasteiger partial charge in [0, 0.05) is 12.6 Å². The van der Waals surface area contributed by atoms with Gasteiger partial charge < -0.3 is 16.4 Å². The molecule has 170 valence electrons. The van der Waals surface area contributed by atoms with E-state index in [9.17, 15) is 22.4 Å². The van der Waals surface area contributed by atoms with Crippen molar-refractivity contribution in [2.45, 2.75) is 44.8 Å². The van der Waals surface area contributed by atoms with Crippen LogP contribution in [-0.2, 0) is 6.18 Å². The van der Waals surface area contributed by atoms with Crippen LogP contribution in [0.1, 0.15) is 48.5 Å². The Kier molecular flexibility index (Phi) is 8.56. The van der Waals surface area contributed by atoms with Crippen molar-refractivity contribution in [2.75, 3.05) is 6.54 Å². The first-order chi connectivity index (χ1) is 14.5. The Bertz CT molecular complexity index is 872. The van der Waals surface area contributed by atoms with Gasteiger partial charge in [-0.15, -0.1) is 0 Å². The molecule has 4 N–H and O–H groups in total. The predicted octanol–water partition coefficient (Wildman–Crippen LogP) is 5.47. The summed E-state index contributed by atoms with van der Waals surface area (Å²) in [6.07, 6.45) is 1.11. The number of alkyl halides is 3. The third kappa shape index (κ3) is 7.61. The molecule has 31 heavy (non-hydrogen) atoms. The number of hydrogen-bond acceptors (Lipinski definition) is 3. The number of carbonyl (C=O) groups is 1. The van der Waals surface area contributed by atoms with Crippen molar-refractivity contribution in [3.63, 3.8) is 0 Å². The first-order valence-corrected chi connectivity index (χ1v) is 10.3. The SMILES string of the molecule is C=C(C)/C(F)=C\C=C(/N)NCC1CCC(NC(=O)c2cc(C(F)(F)F)ccc2Cl)CC1. The van der Waals surface area contributed by atoms with Gasteiger partial charge in [-0.05, 0) is 74.4 Å². The molecular weight excluding hydrogens is 434 g/mol. The maximum atomic E-state index is 13.4. The van der Waals surface area contributed by atoms with Gasteiger partial charge in [-0.1, -0.05) is 18.2 Å². The van der Waals surface area contributed by atoms with Crippen molar-refractivity contribution >= 4 is 17.5 Å². The van der Waals surface area contributed by atoms with Crippen LogP contribution in [0, 0.1) is 5.92 Å². The topological polar surface area (TPSA) is 67.2 Å². The number of nitrogens with two attached hydrogens (primary N) is 1. The molecule has 4 nitrogen and oxygen atoms in total. The summed E-state index contributed by atoms with van der Waals surface area (Å²) >= 11 is 5.93. The molecule has 0 aliphatic heterocycles. The Morgan fingerprint density at radius 1 is 1.26 bits per heavy atom. The van der Waals surface area contributed by atoms with Gasteiger partial charge in [0.25, 0.3) is 5.91 Å². The Hall–Kier alpha value is -2.48. The van der Waals surface area contributed by atoms with E-state index in [0.29, 0.717) is 36.7 Å². The Morgan fingerprint density at radius 3 is 2.48 bits per heavy atom. The summed E-state index contributed by atoms with van der Waals surface area (Å²) in [6, 6.07) is 2.56. The number of rotatable bonds is 7. The molecule has 1 aromatic rings. The third-order valence-electron chi connectivity index (χ3n) is 5.13. The molecule has 0 radical (unpaired) electrons. The number of allylic oxidation sites excluding steroid dienone is 4. The number of hydrogen-bond donors (Lipinski definition) is 3. The molecule has 0 aromatic heterocycles. The van der Waals surface area contributed by atoms with Crippen molar-refractivity contribution < 1.29 is 22.4 Å². The number of halogens is 5. The van der Waals surface area contributed by atoms with Gasteiger partial charge in [0.05, 0.1) is 22.0 Å². The number of nitrogens with one attached hydrogen (secondary N) is 2. The fraction of sp³-hybridized carbons (Fsp3) is 0.409. The first-order valence-electron chi connectivity index (χ1n) is 9.87. The second-order valence-electron chi connectivity index (χ2n) is 7.68. The summed E-state index contributed by atoms with van der Waals surface area (Å²) in [5.41, 5.74) is 5.03. The smallest absolute Gasteiger partial charge is 0.386 e. The molecule has 2 rings (SSSR count). The van der Waals surface area contributed by atoms with Crippen LogP contribution in [0.4, 0.5) is 17.6 Å². The molecule has 0 saturated heterocycles. The molecule has 0 unspecified atom stereocenters. The normalized spacial score (nSPS) is 20.3. The molecular formula is C22H26ClF4N3O. The van der Waals surface area contributed by atoms with Crippen molar-refractivity contribution in [3.05, 3.63) is 70.3 Å². The van der Waals surface area contributed by atoms with Crippen molar-refractivity contribution in [1.82, 2.24) is 10.6 Å². The largest absolute Gasteiger partial charge is 0.416 e. The summed E-state index contributed by atoms with van der Waals surface area (Å²) in [4.78, 5) is 12.4. The average Bonchev–Trinajstić information content (AvgIpc) is 2.70. The van der Waals surface area contributed by atoms with Gasteiger partial charge in [-0.3, -0.25) is 4.79 Å². The van der Waals surface area contributed by atoms with Crippen LogP contribution < -0.4 is 16.4 Å². The van der Waals surface area contributed by atoms with Crippen LogP contribution in [0.2, 0.25) is 5.02 Å². The van der Waals surface area contributed by atoms with Gasteiger partial charge in [-0.25, -0.2) is 4.39 Å². The quantitative estimate of drug-likeness (QED) is 0.374. The molecule has 0 heterocycles. The number of carbonyl (C=O) groups excluding carboxylic acids is 1. The lowest BCUT2D eigenvalue weighted by atomic mass is 9.86. The summed E-state index contributed by atoms with van der Waals surface area (Å²) in [6.45, 7) is 5.66. The Balaban J connectivity index is 1.84. The van der Waals surface area contributed by atoms with Crippen molar-refractivity contribution in [1.29, 1.82) is 0 Å². The van der Waals surface area contributed by atoms with Crippen molar-refractivity contribution in [3.8, 4) is 0 Å². The summed E-state index contributed by atoms with van der Waals surface area (Å²) in [5, 5.41) is 5.80. The zero-order valence-electron chi connectivity index (χ0n) is 17.2. The first kappa shape index (κ1) is 24.8. The van der Waals surface area contributed by atoms with E-state index in [4.69, 9.17) is 17.3 Å². The van der Waals surface area contributed by atoms with E-state index >= 15 is 0 Å². The van der Waals surface area contributed by atoms with Gasteiger partial charge in [0.2, 0.25) is 0 Å². The molecule has 1 aromatic carbocycles. The van der Waals surface area contributed by atoms with E-state index < -0.39 is 23.5 Å². The minimum atomic E-state index is -4.55. The van der Waals surface area contributed by atoms with Crippen LogP contribution in [0.15, 0.2) is 54.2 Å². The molecule has 0 atom stereocenters. The molecule has 1 aliphatic rings. The van der Waals surface area contributed by atoms with Gasteiger partial charge in [0.1, 0.15) is 5.83 Å². The van der Waals surface area contributed by atoms with E-state index in [-0.39, 0.29) is 16.6 Å². The highest BCUT2D eigenvalue weighted by molar-refractivity contribution is 6.33. The van der Waals surface area contributed by atoms with Crippen LogP contribution in [0.5, 0.6) is 0 Å². The lowest BCUT2D eigenvalue weighted by Gasteiger charge is -2.29. The van der Waals surface area contributed by atoms with E-state index in [1.807, 2.05) is 0 Å². The van der Waals surface area contributed by atoms with E-state index in [2.05, 4.69) is 17.2 Å². The zero-order chi connectivity index (χ0) is 23.2. The molecule has 1 amide bonds. The molecule has 1 aliphatic carbocycles. The van der Waals surface area contributed by atoms with Gasteiger partial charge in [0.15, 0.2) is 0 Å². The molecule has 0 spiro atoms. The van der Waals surface area contributed by atoms with Crippen LogP contribution in [0.25, 0.3) is 0 Å². The van der Waals surface area contributed by atoms with Crippen LogP contribution in [-0.4, -0.2) is 18.5 Å². The highest BCUT2D eigenvalue weighted by Gasteiger charge is 2.32. The summed E-state index contributed by atoms with van der Waals surface area (Å²) < 4.78 is 52.1. The number of benzene rings is 1. The lowest BCUT2D eigenvalue weighted by molar-refractivity contribution is -0.137. The van der Waals surface area contributed by atoms with E-state index in [1.54, 1.807) is 6.92 Å². The minimum absolute atomic E-state index is 0.0252. The zero-order valence-corrected chi connectivity index (χ0v) is 17.9. The fourth-order valence-corrected chi connectivity index (χ4v) is 3.48. The third-order valence-corrected chi connectivity index (χ3v) is 5.46. The summed E-state index contributed by atoms with van der Waals surface area (Å²) in [7, 11) is 0.